The summed E-state index contributed by atoms with van der Waals surface area (Å²) in [6.07, 6.45) is 0.221. The predicted molar refractivity (Wildman–Crippen MR) is 40.2 cm³/mol. The summed E-state index contributed by atoms with van der Waals surface area (Å²) < 4.78 is 1.19. The smallest absolute Gasteiger partial charge is 0.335 e. The van der Waals surface area contributed by atoms with E-state index in [4.69, 9.17) is 15.3 Å². The Morgan fingerprint density at radius 1 is 1.23 bits per heavy atom. The molecule has 0 amide bonds. The summed E-state index contributed by atoms with van der Waals surface area (Å²) in [7, 11) is 0. The van der Waals surface area contributed by atoms with E-state index in [0.717, 1.165) is 0 Å². The van der Waals surface area contributed by atoms with Gasteiger partial charge in [0, 0.05) is 0 Å². The van der Waals surface area contributed by atoms with Gasteiger partial charge in [0.15, 0.2) is 6.29 Å². The van der Waals surface area contributed by atoms with Gasteiger partial charge in [-0.25, -0.2) is 9.36 Å². The quantitative estimate of drug-likeness (QED) is 0.479. The van der Waals surface area contributed by atoms with Crippen molar-refractivity contribution >= 4 is 6.29 Å². The second-order valence-corrected chi connectivity index (χ2v) is 2.25. The molecule has 0 unspecified atom stereocenters. The number of aldehydes is 1. The summed E-state index contributed by atoms with van der Waals surface area (Å²) in [6, 6.07) is 0. The van der Waals surface area contributed by atoms with Crippen molar-refractivity contribution in [3.8, 4) is 5.88 Å². The summed E-state index contributed by atoms with van der Waals surface area (Å²) in [5.74, 6) is -0.656. The fraction of sp³-hybridized carbons (Fsp3) is 0.333. The summed E-state index contributed by atoms with van der Waals surface area (Å²) in [5.41, 5.74) is -1.20. The molecule has 1 heterocycles. The lowest BCUT2D eigenvalue weighted by Gasteiger charge is -1.93. The van der Waals surface area contributed by atoms with Crippen molar-refractivity contribution in [3.05, 3.63) is 16.2 Å². The van der Waals surface area contributed by atoms with Crippen LogP contribution in [0.1, 0.15) is 10.5 Å². The van der Waals surface area contributed by atoms with Crippen molar-refractivity contribution in [3.63, 3.8) is 0 Å². The van der Waals surface area contributed by atoms with Crippen LogP contribution in [0.25, 0.3) is 0 Å². The molecule has 1 aromatic rings. The van der Waals surface area contributed by atoms with E-state index in [1.54, 1.807) is 0 Å². The van der Waals surface area contributed by atoms with E-state index in [2.05, 4.69) is 0 Å². The van der Waals surface area contributed by atoms with Crippen molar-refractivity contribution in [2.45, 2.75) is 13.5 Å². The molecule has 0 bridgehead atoms. The minimum Gasteiger partial charge on any atom is -0.493 e. The molecule has 13 heavy (non-hydrogen) atoms. The Kier molecular flexibility index (Phi) is 2.49. The number of imidazole rings is 1. The lowest BCUT2D eigenvalue weighted by Crippen LogP contribution is -2.25. The largest absolute Gasteiger partial charge is 0.493 e. The SMILES string of the molecule is O=Cc1c(O)n(CO)c(=O)n1CO. The second-order valence-electron chi connectivity index (χ2n) is 2.25. The van der Waals surface area contributed by atoms with Gasteiger partial charge in [-0.05, 0) is 0 Å². The first kappa shape index (κ1) is 9.49. The third-order valence-corrected chi connectivity index (χ3v) is 1.63. The van der Waals surface area contributed by atoms with E-state index in [1.807, 2.05) is 0 Å². The van der Waals surface area contributed by atoms with Gasteiger partial charge in [0.2, 0.25) is 5.88 Å². The molecule has 3 N–H and O–H groups in total. The number of carbonyl (C=O) groups is 1. The highest BCUT2D eigenvalue weighted by Crippen LogP contribution is 2.11. The molecule has 0 aliphatic carbocycles. The van der Waals surface area contributed by atoms with Gasteiger partial charge in [-0.15, -0.1) is 0 Å². The Morgan fingerprint density at radius 3 is 2.08 bits per heavy atom. The molecule has 0 aliphatic heterocycles. The van der Waals surface area contributed by atoms with Crippen molar-refractivity contribution in [1.29, 1.82) is 0 Å². The van der Waals surface area contributed by atoms with Crippen LogP contribution in [0.2, 0.25) is 0 Å². The summed E-state index contributed by atoms with van der Waals surface area (Å²) in [4.78, 5) is 21.5. The van der Waals surface area contributed by atoms with Crippen LogP contribution in [0.3, 0.4) is 0 Å². The zero-order chi connectivity index (χ0) is 10.0. The molecule has 0 fully saturated rings. The van der Waals surface area contributed by atoms with Crippen molar-refractivity contribution in [2.24, 2.45) is 0 Å². The van der Waals surface area contributed by atoms with Crippen molar-refractivity contribution in [1.82, 2.24) is 9.13 Å². The monoisotopic (exact) mass is 188 g/mol. The van der Waals surface area contributed by atoms with Crippen LogP contribution in [0.4, 0.5) is 0 Å². The van der Waals surface area contributed by atoms with Gasteiger partial charge in [0.1, 0.15) is 19.2 Å². The summed E-state index contributed by atoms with van der Waals surface area (Å²) >= 11 is 0. The maximum absolute atomic E-state index is 11.1. The highest BCUT2D eigenvalue weighted by molar-refractivity contribution is 5.75. The molecule has 1 aromatic heterocycles. The third kappa shape index (κ3) is 1.23. The highest BCUT2D eigenvalue weighted by atomic mass is 16.3. The highest BCUT2D eigenvalue weighted by Gasteiger charge is 2.17. The number of hydrogen-bond donors (Lipinski definition) is 3. The second kappa shape index (κ2) is 3.42. The van der Waals surface area contributed by atoms with Gasteiger partial charge in [0.05, 0.1) is 0 Å². The van der Waals surface area contributed by atoms with E-state index in [-0.39, 0.29) is 12.0 Å². The molecule has 0 spiro atoms. The zero-order valence-corrected chi connectivity index (χ0v) is 6.54. The summed E-state index contributed by atoms with van der Waals surface area (Å²) in [6.45, 7) is -1.48. The summed E-state index contributed by atoms with van der Waals surface area (Å²) in [5, 5.41) is 26.4. The maximum atomic E-state index is 11.1. The lowest BCUT2D eigenvalue weighted by molar-refractivity contribution is 0.110. The molecule has 0 aromatic carbocycles. The van der Waals surface area contributed by atoms with Crippen LogP contribution in [0.15, 0.2) is 4.79 Å². The molecule has 7 nitrogen and oxygen atoms in total. The molecule has 1 rings (SSSR count). The topological polar surface area (TPSA) is 105 Å². The number of rotatable bonds is 3. The van der Waals surface area contributed by atoms with E-state index in [0.29, 0.717) is 9.13 Å². The Hall–Kier alpha value is -1.60. The molecule has 0 radical (unpaired) electrons. The van der Waals surface area contributed by atoms with Crippen LogP contribution in [0, 0.1) is 0 Å². The first-order valence-electron chi connectivity index (χ1n) is 3.36. The molecule has 0 atom stereocenters. The molecular weight excluding hydrogens is 180 g/mol. The number of aromatic nitrogens is 2. The maximum Gasteiger partial charge on any atom is 0.335 e. The zero-order valence-electron chi connectivity index (χ0n) is 6.54. The fourth-order valence-corrected chi connectivity index (χ4v) is 0.979. The minimum absolute atomic E-state index is 0.221. The average Bonchev–Trinajstić information content (AvgIpc) is 2.36. The standard InChI is InChI=1S/C6H8N2O5/c9-1-4-5(12)8(3-11)6(13)7(4)2-10/h1,10-12H,2-3H2. The van der Waals surface area contributed by atoms with Gasteiger partial charge in [-0.2, -0.15) is 0 Å². The van der Waals surface area contributed by atoms with Crippen LogP contribution in [-0.2, 0) is 13.5 Å². The van der Waals surface area contributed by atoms with E-state index < -0.39 is 25.0 Å². The molecule has 7 heteroatoms. The predicted octanol–water partition coefficient (Wildman–Crippen LogP) is -1.93. The average molecular weight is 188 g/mol. The number of carbonyl (C=O) groups excluding carboxylic acids is 1. The van der Waals surface area contributed by atoms with E-state index in [9.17, 15) is 9.59 Å². The van der Waals surface area contributed by atoms with Crippen LogP contribution < -0.4 is 5.69 Å². The fourth-order valence-electron chi connectivity index (χ4n) is 0.979. The third-order valence-electron chi connectivity index (χ3n) is 1.63. The Morgan fingerprint density at radius 2 is 1.77 bits per heavy atom. The van der Waals surface area contributed by atoms with Crippen molar-refractivity contribution in [2.75, 3.05) is 0 Å². The van der Waals surface area contributed by atoms with Gasteiger partial charge in [-0.3, -0.25) is 9.36 Å². The molecule has 72 valence electrons. The number of aliphatic hydroxyl groups excluding tert-OH is 2. The van der Waals surface area contributed by atoms with Crippen LogP contribution in [0.5, 0.6) is 5.88 Å². The molecule has 0 saturated carbocycles. The van der Waals surface area contributed by atoms with E-state index >= 15 is 0 Å². The van der Waals surface area contributed by atoms with Gasteiger partial charge in [0.25, 0.3) is 0 Å². The normalized spacial score (nSPS) is 10.3. The molecule has 0 saturated heterocycles. The first-order valence-corrected chi connectivity index (χ1v) is 3.36. The first-order chi connectivity index (χ1) is 6.17. The Bertz CT molecular complexity index is 377. The number of aromatic hydroxyl groups is 1. The Labute approximate surface area is 72.1 Å². The van der Waals surface area contributed by atoms with Crippen LogP contribution >= 0.6 is 0 Å². The van der Waals surface area contributed by atoms with E-state index in [1.165, 1.54) is 0 Å². The Balaban J connectivity index is 3.51. The molecular formula is C6H8N2O5. The minimum atomic E-state index is -0.843. The van der Waals surface area contributed by atoms with Gasteiger partial charge >= 0.3 is 5.69 Å². The van der Waals surface area contributed by atoms with Gasteiger partial charge in [-0.1, -0.05) is 0 Å². The van der Waals surface area contributed by atoms with Gasteiger partial charge < -0.3 is 15.3 Å². The number of hydrogen-bond acceptors (Lipinski definition) is 5. The van der Waals surface area contributed by atoms with Crippen LogP contribution in [-0.4, -0.2) is 30.7 Å². The lowest BCUT2D eigenvalue weighted by atomic mass is 10.5. The number of nitrogens with zero attached hydrogens (tertiary/aromatic N) is 2. The number of aliphatic hydroxyl groups is 2. The van der Waals surface area contributed by atoms with Crippen molar-refractivity contribution < 1.29 is 20.1 Å². The molecule has 0 aliphatic rings.